The maximum absolute atomic E-state index is 12.6. The lowest BCUT2D eigenvalue weighted by molar-refractivity contribution is -0.137. The van der Waals surface area contributed by atoms with Gasteiger partial charge in [-0.05, 0) is 17.7 Å². The fourth-order valence-corrected chi connectivity index (χ4v) is 2.10. The van der Waals surface area contributed by atoms with Gasteiger partial charge in [0.2, 0.25) is 0 Å². The minimum Gasteiger partial charge on any atom is -0.348 e. The SMILES string of the molecule is Cn1cc(C(=O)NCc2cccc(C(F)(F)F)c2)c(=O)n(C)c1=O. The molecule has 0 aliphatic heterocycles. The number of aryl methyl sites for hydroxylation is 1. The standard InChI is InChI=1S/C15H14F3N3O3/c1-20-8-11(13(23)21(2)14(20)24)12(22)19-7-9-4-3-5-10(6-9)15(16,17)18/h3-6,8H,7H2,1-2H3,(H,19,22). The Balaban J connectivity index is 2.21. The molecule has 2 aromatic rings. The van der Waals surface area contributed by atoms with Crippen molar-refractivity contribution in [3.63, 3.8) is 0 Å². The number of rotatable bonds is 3. The highest BCUT2D eigenvalue weighted by molar-refractivity contribution is 5.93. The maximum Gasteiger partial charge on any atom is 0.416 e. The molecule has 0 aliphatic carbocycles. The average molecular weight is 341 g/mol. The van der Waals surface area contributed by atoms with Crippen molar-refractivity contribution < 1.29 is 18.0 Å². The van der Waals surface area contributed by atoms with Crippen molar-refractivity contribution in [3.05, 3.63) is 68.0 Å². The fourth-order valence-electron chi connectivity index (χ4n) is 2.10. The molecule has 0 unspecified atom stereocenters. The summed E-state index contributed by atoms with van der Waals surface area (Å²) in [6.07, 6.45) is -3.39. The quantitative estimate of drug-likeness (QED) is 0.906. The van der Waals surface area contributed by atoms with Crippen molar-refractivity contribution in [2.45, 2.75) is 12.7 Å². The molecule has 0 radical (unpaired) electrons. The highest BCUT2D eigenvalue weighted by atomic mass is 19.4. The van der Waals surface area contributed by atoms with Crippen LogP contribution in [-0.2, 0) is 26.8 Å². The summed E-state index contributed by atoms with van der Waals surface area (Å²) in [6.45, 7) is -0.186. The van der Waals surface area contributed by atoms with Crippen LogP contribution in [0, 0.1) is 0 Å². The number of hydrogen-bond acceptors (Lipinski definition) is 3. The number of amides is 1. The minimum atomic E-state index is -4.48. The van der Waals surface area contributed by atoms with Gasteiger partial charge in [0.05, 0.1) is 5.56 Å². The molecule has 1 amide bonds. The first-order chi connectivity index (χ1) is 11.1. The van der Waals surface area contributed by atoms with Crippen molar-refractivity contribution >= 4 is 5.91 Å². The summed E-state index contributed by atoms with van der Waals surface area (Å²) in [7, 11) is 2.61. The number of aromatic nitrogens is 2. The van der Waals surface area contributed by atoms with E-state index in [1.165, 1.54) is 26.2 Å². The molecule has 1 N–H and O–H groups in total. The first-order valence-electron chi connectivity index (χ1n) is 6.82. The van der Waals surface area contributed by atoms with E-state index in [4.69, 9.17) is 0 Å². The van der Waals surface area contributed by atoms with Crippen molar-refractivity contribution in [2.75, 3.05) is 0 Å². The van der Waals surface area contributed by atoms with E-state index in [0.717, 1.165) is 27.5 Å². The largest absolute Gasteiger partial charge is 0.416 e. The van der Waals surface area contributed by atoms with E-state index in [1.807, 2.05) is 0 Å². The van der Waals surface area contributed by atoms with Gasteiger partial charge in [0.1, 0.15) is 5.56 Å². The predicted molar refractivity (Wildman–Crippen MR) is 79.5 cm³/mol. The summed E-state index contributed by atoms with van der Waals surface area (Å²) in [6, 6.07) is 4.50. The number of halogens is 3. The number of carbonyl (C=O) groups excluding carboxylic acids is 1. The zero-order chi connectivity index (χ0) is 18.1. The van der Waals surface area contributed by atoms with Crippen LogP contribution in [0.5, 0.6) is 0 Å². The van der Waals surface area contributed by atoms with Gasteiger partial charge in [-0.3, -0.25) is 14.2 Å². The summed E-state index contributed by atoms with van der Waals surface area (Å²) in [5.74, 6) is -0.774. The topological polar surface area (TPSA) is 73.1 Å². The van der Waals surface area contributed by atoms with Crippen molar-refractivity contribution in [1.82, 2.24) is 14.5 Å². The molecule has 0 spiro atoms. The summed E-state index contributed by atoms with van der Waals surface area (Å²) in [5.41, 5.74) is -2.23. The van der Waals surface area contributed by atoms with Gasteiger partial charge in [-0.25, -0.2) is 4.79 Å². The number of nitrogens with zero attached hydrogens (tertiary/aromatic N) is 2. The van der Waals surface area contributed by atoms with E-state index in [2.05, 4.69) is 5.32 Å². The molecular formula is C15H14F3N3O3. The molecule has 1 aromatic carbocycles. The molecule has 24 heavy (non-hydrogen) atoms. The highest BCUT2D eigenvalue weighted by Crippen LogP contribution is 2.29. The molecule has 1 heterocycles. The number of carbonyl (C=O) groups is 1. The van der Waals surface area contributed by atoms with Crippen molar-refractivity contribution in [1.29, 1.82) is 0 Å². The Morgan fingerprint density at radius 3 is 2.50 bits per heavy atom. The second-order valence-corrected chi connectivity index (χ2v) is 5.18. The van der Waals surface area contributed by atoms with Crippen LogP contribution in [0.25, 0.3) is 0 Å². The van der Waals surface area contributed by atoms with Crippen LogP contribution in [0.1, 0.15) is 21.5 Å². The van der Waals surface area contributed by atoms with Gasteiger partial charge in [0.25, 0.3) is 11.5 Å². The van der Waals surface area contributed by atoms with E-state index in [9.17, 15) is 27.6 Å². The lowest BCUT2D eigenvalue weighted by Gasteiger charge is -2.10. The Hall–Kier alpha value is -2.84. The summed E-state index contributed by atoms with van der Waals surface area (Å²) in [5, 5.41) is 2.37. The normalized spacial score (nSPS) is 11.4. The lowest BCUT2D eigenvalue weighted by atomic mass is 10.1. The first kappa shape index (κ1) is 17.5. The van der Waals surface area contributed by atoms with Crippen LogP contribution < -0.4 is 16.6 Å². The molecule has 128 valence electrons. The van der Waals surface area contributed by atoms with Gasteiger partial charge in [-0.15, -0.1) is 0 Å². The number of hydrogen-bond donors (Lipinski definition) is 1. The second kappa shape index (κ2) is 6.34. The van der Waals surface area contributed by atoms with Crippen LogP contribution in [0.3, 0.4) is 0 Å². The lowest BCUT2D eigenvalue weighted by Crippen LogP contribution is -2.41. The molecule has 0 fully saturated rings. The van der Waals surface area contributed by atoms with Gasteiger partial charge in [0.15, 0.2) is 0 Å². The smallest absolute Gasteiger partial charge is 0.348 e. The molecule has 0 saturated heterocycles. The molecule has 0 saturated carbocycles. The Bertz CT molecular complexity index is 897. The summed E-state index contributed by atoms with van der Waals surface area (Å²) >= 11 is 0. The zero-order valence-electron chi connectivity index (χ0n) is 12.8. The van der Waals surface area contributed by atoms with Gasteiger partial charge in [0, 0.05) is 26.8 Å². The molecule has 9 heteroatoms. The molecule has 0 bridgehead atoms. The highest BCUT2D eigenvalue weighted by Gasteiger charge is 2.30. The van der Waals surface area contributed by atoms with Gasteiger partial charge in [-0.1, -0.05) is 12.1 Å². The van der Waals surface area contributed by atoms with Gasteiger partial charge in [-0.2, -0.15) is 13.2 Å². The Morgan fingerprint density at radius 2 is 1.88 bits per heavy atom. The van der Waals surface area contributed by atoms with Crippen LogP contribution in [0.15, 0.2) is 40.1 Å². The van der Waals surface area contributed by atoms with Crippen LogP contribution >= 0.6 is 0 Å². The van der Waals surface area contributed by atoms with Gasteiger partial charge < -0.3 is 9.88 Å². The van der Waals surface area contributed by atoms with E-state index >= 15 is 0 Å². The third kappa shape index (κ3) is 3.55. The third-order valence-corrected chi connectivity index (χ3v) is 3.40. The Kier molecular flexibility index (Phi) is 4.63. The number of alkyl halides is 3. The number of nitrogens with one attached hydrogen (secondary N) is 1. The molecule has 6 nitrogen and oxygen atoms in total. The maximum atomic E-state index is 12.6. The average Bonchev–Trinajstić information content (AvgIpc) is 2.53. The van der Waals surface area contributed by atoms with E-state index in [0.29, 0.717) is 0 Å². The Labute approximate surface area is 134 Å². The van der Waals surface area contributed by atoms with Crippen molar-refractivity contribution in [3.8, 4) is 0 Å². The van der Waals surface area contributed by atoms with E-state index in [1.54, 1.807) is 0 Å². The zero-order valence-corrected chi connectivity index (χ0v) is 12.8. The van der Waals surface area contributed by atoms with Crippen LogP contribution in [-0.4, -0.2) is 15.0 Å². The van der Waals surface area contributed by atoms with Gasteiger partial charge >= 0.3 is 11.9 Å². The van der Waals surface area contributed by atoms with Crippen LogP contribution in [0.4, 0.5) is 13.2 Å². The van der Waals surface area contributed by atoms with E-state index < -0.39 is 28.9 Å². The summed E-state index contributed by atoms with van der Waals surface area (Å²) < 4.78 is 39.8. The molecule has 1 aromatic heterocycles. The monoisotopic (exact) mass is 341 g/mol. The molecule has 2 rings (SSSR count). The molecule has 0 atom stereocenters. The summed E-state index contributed by atoms with van der Waals surface area (Å²) in [4.78, 5) is 35.6. The third-order valence-electron chi connectivity index (χ3n) is 3.40. The second-order valence-electron chi connectivity index (χ2n) is 5.18. The molecule has 0 aliphatic rings. The number of benzene rings is 1. The van der Waals surface area contributed by atoms with E-state index in [-0.39, 0.29) is 17.7 Å². The predicted octanol–water partition coefficient (Wildman–Crippen LogP) is 1.03. The van der Waals surface area contributed by atoms with Crippen LogP contribution in [0.2, 0.25) is 0 Å². The van der Waals surface area contributed by atoms with Crippen molar-refractivity contribution in [2.24, 2.45) is 14.1 Å². The molecular weight excluding hydrogens is 327 g/mol. The fraction of sp³-hybridized carbons (Fsp3) is 0.267. The minimum absolute atomic E-state index is 0.186. The first-order valence-corrected chi connectivity index (χ1v) is 6.82. The Morgan fingerprint density at radius 1 is 1.21 bits per heavy atom.